The zero-order valence-corrected chi connectivity index (χ0v) is 10.5. The third kappa shape index (κ3) is 1.70. The molecule has 0 aliphatic rings. The summed E-state index contributed by atoms with van der Waals surface area (Å²) < 4.78 is 39.1. The number of benzene rings is 2. The average molecular weight is 277 g/mol. The van der Waals surface area contributed by atoms with Gasteiger partial charge in [-0.15, -0.1) is 0 Å². The molecule has 3 aromatic rings. The Bertz CT molecular complexity index is 830. The van der Waals surface area contributed by atoms with Crippen molar-refractivity contribution < 1.29 is 18.0 Å². The van der Waals surface area contributed by atoms with Crippen molar-refractivity contribution in [2.24, 2.45) is 0 Å². The van der Waals surface area contributed by atoms with E-state index in [1.54, 1.807) is 24.3 Å². The lowest BCUT2D eigenvalue weighted by molar-refractivity contribution is -0.0939. The van der Waals surface area contributed by atoms with E-state index in [0.29, 0.717) is 10.8 Å². The minimum absolute atomic E-state index is 0.277. The molecule has 0 bridgehead atoms. The highest BCUT2D eigenvalue weighted by molar-refractivity contribution is 6.15. The second kappa shape index (κ2) is 4.10. The highest BCUT2D eigenvalue weighted by atomic mass is 19.4. The minimum Gasteiger partial charge on any atom is -0.272 e. The van der Waals surface area contributed by atoms with Crippen molar-refractivity contribution in [3.05, 3.63) is 48.0 Å². The summed E-state index contributed by atoms with van der Waals surface area (Å²) in [6.45, 7) is 1.82. The van der Waals surface area contributed by atoms with Crippen molar-refractivity contribution in [1.82, 2.24) is 4.57 Å². The predicted molar refractivity (Wildman–Crippen MR) is 70.9 cm³/mol. The lowest BCUT2D eigenvalue weighted by Crippen LogP contribution is -2.28. The maximum absolute atomic E-state index is 12.8. The SMILES string of the molecule is Cc1cccc2c1c1ccccc1n2C(=O)C(F)(F)F. The smallest absolute Gasteiger partial charge is 0.272 e. The van der Waals surface area contributed by atoms with E-state index in [1.165, 1.54) is 12.1 Å². The normalized spacial score (nSPS) is 12.2. The number of hydrogen-bond donors (Lipinski definition) is 0. The number of rotatable bonds is 0. The predicted octanol–water partition coefficient (Wildman–Crippen LogP) is 4.31. The van der Waals surface area contributed by atoms with Gasteiger partial charge in [0, 0.05) is 10.8 Å². The van der Waals surface area contributed by atoms with E-state index in [-0.39, 0.29) is 11.0 Å². The summed E-state index contributed by atoms with van der Waals surface area (Å²) in [6, 6.07) is 11.6. The van der Waals surface area contributed by atoms with E-state index >= 15 is 0 Å². The second-order valence-corrected chi connectivity index (χ2v) is 4.62. The summed E-state index contributed by atoms with van der Waals surface area (Å²) in [7, 11) is 0. The monoisotopic (exact) mass is 277 g/mol. The van der Waals surface area contributed by atoms with Crippen molar-refractivity contribution in [3.8, 4) is 0 Å². The molecule has 0 spiro atoms. The molecule has 2 aromatic carbocycles. The fraction of sp³-hybridized carbons (Fsp3) is 0.133. The molecule has 0 unspecified atom stereocenters. The number of aromatic nitrogens is 1. The Hall–Kier alpha value is -2.30. The summed E-state index contributed by atoms with van der Waals surface area (Å²) in [5, 5.41) is 1.33. The molecule has 3 rings (SSSR count). The maximum Gasteiger partial charge on any atom is 0.472 e. The Labute approximate surface area is 112 Å². The first kappa shape index (κ1) is 12.7. The molecule has 0 saturated carbocycles. The molecule has 1 heterocycles. The van der Waals surface area contributed by atoms with Gasteiger partial charge in [-0.1, -0.05) is 30.3 Å². The van der Waals surface area contributed by atoms with Crippen molar-refractivity contribution in [2.45, 2.75) is 13.1 Å². The van der Waals surface area contributed by atoms with Crippen LogP contribution in [0.5, 0.6) is 0 Å². The van der Waals surface area contributed by atoms with Gasteiger partial charge in [-0.2, -0.15) is 13.2 Å². The molecule has 0 aliphatic carbocycles. The highest BCUT2D eigenvalue weighted by Crippen LogP contribution is 2.33. The minimum atomic E-state index is -4.90. The first-order valence-electron chi connectivity index (χ1n) is 6.01. The molecule has 102 valence electrons. The fourth-order valence-electron chi connectivity index (χ4n) is 2.54. The lowest BCUT2D eigenvalue weighted by Gasteiger charge is -2.08. The van der Waals surface area contributed by atoms with E-state index in [1.807, 2.05) is 13.0 Å². The van der Waals surface area contributed by atoms with Crippen LogP contribution in [0.1, 0.15) is 10.4 Å². The van der Waals surface area contributed by atoms with Crippen LogP contribution >= 0.6 is 0 Å². The largest absolute Gasteiger partial charge is 0.472 e. The summed E-state index contributed by atoms with van der Waals surface area (Å²) in [5.74, 6) is -1.87. The van der Waals surface area contributed by atoms with E-state index in [0.717, 1.165) is 10.1 Å². The van der Waals surface area contributed by atoms with Gasteiger partial charge in [0.25, 0.3) is 0 Å². The number of carbonyl (C=O) groups is 1. The van der Waals surface area contributed by atoms with Crippen LogP contribution in [0.25, 0.3) is 21.8 Å². The van der Waals surface area contributed by atoms with Crippen LogP contribution in [0.2, 0.25) is 0 Å². The molecule has 0 fully saturated rings. The number of hydrogen-bond acceptors (Lipinski definition) is 1. The Morgan fingerprint density at radius 2 is 1.65 bits per heavy atom. The van der Waals surface area contributed by atoms with Gasteiger partial charge in [0.05, 0.1) is 11.0 Å². The molecule has 0 N–H and O–H groups in total. The molecule has 0 amide bonds. The van der Waals surface area contributed by atoms with E-state index in [9.17, 15) is 18.0 Å². The van der Waals surface area contributed by atoms with Crippen molar-refractivity contribution >= 4 is 27.7 Å². The summed E-state index contributed by atoms with van der Waals surface area (Å²) in [6.07, 6.45) is -4.90. The molecule has 20 heavy (non-hydrogen) atoms. The van der Waals surface area contributed by atoms with Crippen molar-refractivity contribution in [1.29, 1.82) is 0 Å². The molecule has 5 heteroatoms. The summed E-state index contributed by atoms with van der Waals surface area (Å²) in [5.41, 5.74) is 1.40. The molecule has 0 aliphatic heterocycles. The second-order valence-electron chi connectivity index (χ2n) is 4.62. The van der Waals surface area contributed by atoms with Gasteiger partial charge in [0.15, 0.2) is 0 Å². The molecule has 0 atom stereocenters. The van der Waals surface area contributed by atoms with Gasteiger partial charge in [-0.05, 0) is 24.6 Å². The van der Waals surface area contributed by atoms with Crippen molar-refractivity contribution in [2.75, 3.05) is 0 Å². The van der Waals surface area contributed by atoms with E-state index in [2.05, 4.69) is 0 Å². The zero-order valence-electron chi connectivity index (χ0n) is 10.5. The van der Waals surface area contributed by atoms with Crippen LogP contribution in [-0.4, -0.2) is 16.7 Å². The first-order valence-corrected chi connectivity index (χ1v) is 6.01. The van der Waals surface area contributed by atoms with Gasteiger partial charge in [-0.25, -0.2) is 0 Å². The number of aryl methyl sites for hydroxylation is 1. The Balaban J connectivity index is 2.52. The van der Waals surface area contributed by atoms with Crippen LogP contribution in [0.15, 0.2) is 42.5 Å². The van der Waals surface area contributed by atoms with Crippen LogP contribution < -0.4 is 0 Å². The van der Waals surface area contributed by atoms with Gasteiger partial charge in [0.2, 0.25) is 0 Å². The Morgan fingerprint density at radius 1 is 1.00 bits per heavy atom. The summed E-state index contributed by atoms with van der Waals surface area (Å²) in [4.78, 5) is 11.7. The van der Waals surface area contributed by atoms with Gasteiger partial charge in [0.1, 0.15) is 0 Å². The number of halogens is 3. The quantitative estimate of drug-likeness (QED) is 0.600. The number of carbonyl (C=O) groups excluding carboxylic acids is 1. The third-order valence-electron chi connectivity index (χ3n) is 3.35. The topological polar surface area (TPSA) is 22.0 Å². The Morgan fingerprint density at radius 3 is 2.35 bits per heavy atom. The number of alkyl halides is 3. The average Bonchev–Trinajstić information content (AvgIpc) is 2.72. The molecule has 2 nitrogen and oxygen atoms in total. The molecular formula is C15H10F3NO. The van der Waals surface area contributed by atoms with Crippen LogP contribution in [-0.2, 0) is 0 Å². The lowest BCUT2D eigenvalue weighted by atomic mass is 10.1. The molecular weight excluding hydrogens is 267 g/mol. The van der Waals surface area contributed by atoms with Gasteiger partial charge < -0.3 is 0 Å². The molecule has 1 aromatic heterocycles. The standard InChI is InChI=1S/C15H10F3NO/c1-9-5-4-8-12-13(9)10-6-2-3-7-11(10)19(12)14(20)15(16,17)18/h2-8H,1H3. The van der Waals surface area contributed by atoms with Crippen molar-refractivity contribution in [3.63, 3.8) is 0 Å². The highest BCUT2D eigenvalue weighted by Gasteiger charge is 2.41. The van der Waals surface area contributed by atoms with Gasteiger partial charge >= 0.3 is 12.1 Å². The number of para-hydroxylation sites is 1. The third-order valence-corrected chi connectivity index (χ3v) is 3.35. The molecule has 0 saturated heterocycles. The first-order chi connectivity index (χ1) is 9.41. The van der Waals surface area contributed by atoms with Crippen LogP contribution in [0.4, 0.5) is 13.2 Å². The maximum atomic E-state index is 12.8. The van der Waals surface area contributed by atoms with Gasteiger partial charge in [-0.3, -0.25) is 9.36 Å². The summed E-state index contributed by atoms with van der Waals surface area (Å²) >= 11 is 0. The molecule has 0 radical (unpaired) electrons. The van der Waals surface area contributed by atoms with E-state index in [4.69, 9.17) is 0 Å². The Kier molecular flexibility index (Phi) is 2.61. The van der Waals surface area contributed by atoms with Crippen LogP contribution in [0, 0.1) is 6.92 Å². The zero-order chi connectivity index (χ0) is 14.5. The number of nitrogens with zero attached hydrogens (tertiary/aromatic N) is 1. The number of fused-ring (bicyclic) bond motifs is 3. The fourth-order valence-corrected chi connectivity index (χ4v) is 2.54. The van der Waals surface area contributed by atoms with Crippen LogP contribution in [0.3, 0.4) is 0 Å². The van der Waals surface area contributed by atoms with E-state index < -0.39 is 12.1 Å².